The minimum absolute atomic E-state index is 0.670. The van der Waals surface area contributed by atoms with E-state index in [-0.39, 0.29) is 0 Å². The summed E-state index contributed by atoms with van der Waals surface area (Å²) in [6.07, 6.45) is 5.43. The number of fused-ring (bicyclic) bond motifs is 2. The van der Waals surface area contributed by atoms with Crippen molar-refractivity contribution in [3.8, 4) is 45.2 Å². The fraction of sp³-hybridized carbons (Fsp3) is 0. The molecule has 0 radical (unpaired) electrons. The number of rotatable bonds is 4. The van der Waals surface area contributed by atoms with Gasteiger partial charge >= 0.3 is 0 Å². The smallest absolute Gasteiger partial charge is 0.160 e. The van der Waals surface area contributed by atoms with Crippen LogP contribution in [0.5, 0.6) is 0 Å². The van der Waals surface area contributed by atoms with Crippen LogP contribution in [0.3, 0.4) is 0 Å². The summed E-state index contributed by atoms with van der Waals surface area (Å²) in [5.74, 6) is 0.670. The van der Waals surface area contributed by atoms with Crippen molar-refractivity contribution in [2.45, 2.75) is 0 Å². The molecule has 0 saturated carbocycles. The monoisotopic (exact) mass is 487 g/mol. The molecule has 0 atom stereocenters. The Balaban J connectivity index is 1.38. The predicted octanol–water partition coefficient (Wildman–Crippen LogP) is 7.64. The Labute approximate surface area is 219 Å². The van der Waals surface area contributed by atoms with E-state index >= 15 is 0 Å². The van der Waals surface area contributed by atoms with Crippen molar-refractivity contribution in [2.24, 2.45) is 0 Å². The molecule has 0 fully saturated rings. The number of benzene rings is 3. The first-order valence-corrected chi connectivity index (χ1v) is 12.4. The van der Waals surface area contributed by atoms with Gasteiger partial charge < -0.3 is 0 Å². The molecule has 7 rings (SSSR count). The third-order valence-electron chi connectivity index (χ3n) is 6.63. The van der Waals surface area contributed by atoms with Crippen LogP contribution in [0.25, 0.3) is 67.0 Å². The van der Waals surface area contributed by atoms with E-state index < -0.39 is 0 Å². The molecule has 0 aliphatic carbocycles. The first-order chi connectivity index (χ1) is 18.8. The third-order valence-corrected chi connectivity index (χ3v) is 6.63. The van der Waals surface area contributed by atoms with Gasteiger partial charge in [0, 0.05) is 51.6 Å². The lowest BCUT2D eigenvalue weighted by Gasteiger charge is -2.11. The fourth-order valence-electron chi connectivity index (χ4n) is 4.67. The Bertz CT molecular complexity index is 1820. The maximum absolute atomic E-state index is 5.02. The Kier molecular flexibility index (Phi) is 5.37. The van der Waals surface area contributed by atoms with Crippen molar-refractivity contribution < 1.29 is 0 Å². The second kappa shape index (κ2) is 9.30. The van der Waals surface area contributed by atoms with Crippen LogP contribution < -0.4 is 0 Å². The molecule has 178 valence electrons. The number of nitrogens with zero attached hydrogens (tertiary/aromatic N) is 5. The van der Waals surface area contributed by atoms with Gasteiger partial charge in [0.05, 0.1) is 28.1 Å². The van der Waals surface area contributed by atoms with Gasteiger partial charge in [0.15, 0.2) is 5.82 Å². The second-order valence-electron chi connectivity index (χ2n) is 9.08. The first kappa shape index (κ1) is 21.9. The van der Waals surface area contributed by atoms with E-state index in [0.717, 1.165) is 61.1 Å². The summed E-state index contributed by atoms with van der Waals surface area (Å²) in [6.45, 7) is 0. The van der Waals surface area contributed by atoms with E-state index in [0.29, 0.717) is 5.82 Å². The van der Waals surface area contributed by atoms with Gasteiger partial charge in [0.25, 0.3) is 0 Å². The molecule has 38 heavy (non-hydrogen) atoms. The highest BCUT2D eigenvalue weighted by molar-refractivity contribution is 5.86. The molecule has 0 bridgehead atoms. The van der Waals surface area contributed by atoms with Gasteiger partial charge in [0.1, 0.15) is 0 Å². The Hall–Kier alpha value is -5.29. The van der Waals surface area contributed by atoms with Crippen molar-refractivity contribution in [3.05, 3.63) is 128 Å². The zero-order valence-electron chi connectivity index (χ0n) is 20.4. The summed E-state index contributed by atoms with van der Waals surface area (Å²) in [5.41, 5.74) is 8.60. The first-order valence-electron chi connectivity index (χ1n) is 12.4. The molecule has 0 spiro atoms. The molecular weight excluding hydrogens is 466 g/mol. The van der Waals surface area contributed by atoms with Crippen molar-refractivity contribution in [1.29, 1.82) is 0 Å². The van der Waals surface area contributed by atoms with E-state index in [9.17, 15) is 0 Å². The Morgan fingerprint density at radius 2 is 0.921 bits per heavy atom. The molecule has 4 heterocycles. The van der Waals surface area contributed by atoms with Gasteiger partial charge in [-0.3, -0.25) is 15.0 Å². The molecular formula is C33H21N5. The number of hydrogen-bond acceptors (Lipinski definition) is 5. The van der Waals surface area contributed by atoms with E-state index in [4.69, 9.17) is 9.97 Å². The average molecular weight is 488 g/mol. The maximum atomic E-state index is 5.02. The molecule has 0 aliphatic heterocycles. The van der Waals surface area contributed by atoms with Crippen LogP contribution in [0.2, 0.25) is 0 Å². The average Bonchev–Trinajstić information content (AvgIpc) is 3.01. The zero-order valence-corrected chi connectivity index (χ0v) is 20.4. The van der Waals surface area contributed by atoms with Gasteiger partial charge in [-0.05, 0) is 60.7 Å². The summed E-state index contributed by atoms with van der Waals surface area (Å²) in [7, 11) is 0. The summed E-state index contributed by atoms with van der Waals surface area (Å²) in [5, 5.41) is 2.13. The molecule has 4 aromatic heterocycles. The third kappa shape index (κ3) is 4.16. The molecule has 0 N–H and O–H groups in total. The van der Waals surface area contributed by atoms with Gasteiger partial charge in [-0.25, -0.2) is 9.97 Å². The van der Waals surface area contributed by atoms with Gasteiger partial charge in [-0.15, -0.1) is 0 Å². The van der Waals surface area contributed by atoms with E-state index in [1.807, 2.05) is 60.9 Å². The number of pyridine rings is 3. The van der Waals surface area contributed by atoms with Crippen molar-refractivity contribution in [1.82, 2.24) is 24.9 Å². The highest BCUT2D eigenvalue weighted by Gasteiger charge is 2.12. The van der Waals surface area contributed by atoms with Crippen LogP contribution >= 0.6 is 0 Å². The lowest BCUT2D eigenvalue weighted by atomic mass is 10.0. The lowest BCUT2D eigenvalue weighted by Crippen LogP contribution is -1.96. The number of aromatic nitrogens is 5. The zero-order chi connectivity index (χ0) is 25.3. The normalized spacial score (nSPS) is 11.2. The predicted molar refractivity (Wildman–Crippen MR) is 152 cm³/mol. The summed E-state index contributed by atoms with van der Waals surface area (Å²) in [6, 6.07) is 36.8. The molecule has 3 aromatic carbocycles. The Morgan fingerprint density at radius 3 is 1.58 bits per heavy atom. The molecule has 7 aromatic rings. The molecule has 5 nitrogen and oxygen atoms in total. The quantitative estimate of drug-likeness (QED) is 0.255. The number of hydrogen-bond donors (Lipinski definition) is 0. The SMILES string of the molecule is c1ccc(-c2ccc(-c3cc(-c4ccc5ncccc5c4)nc(-c4ccc5ncccc5c4)n3)cc2)nc1. The molecule has 0 aliphatic rings. The highest BCUT2D eigenvalue weighted by atomic mass is 14.9. The van der Waals surface area contributed by atoms with Crippen LogP contribution in [-0.2, 0) is 0 Å². The van der Waals surface area contributed by atoms with Crippen LogP contribution in [0, 0.1) is 0 Å². The molecule has 0 saturated heterocycles. The molecule has 5 heteroatoms. The maximum Gasteiger partial charge on any atom is 0.160 e. The van der Waals surface area contributed by atoms with Crippen molar-refractivity contribution >= 4 is 21.8 Å². The fourth-order valence-corrected chi connectivity index (χ4v) is 4.67. The van der Waals surface area contributed by atoms with Gasteiger partial charge in [-0.1, -0.05) is 48.5 Å². The van der Waals surface area contributed by atoms with Crippen LogP contribution in [0.4, 0.5) is 0 Å². The molecule has 0 unspecified atom stereocenters. The summed E-state index contributed by atoms with van der Waals surface area (Å²) >= 11 is 0. The van der Waals surface area contributed by atoms with E-state index in [1.54, 1.807) is 6.20 Å². The topological polar surface area (TPSA) is 64.5 Å². The van der Waals surface area contributed by atoms with E-state index in [2.05, 4.69) is 75.6 Å². The van der Waals surface area contributed by atoms with Crippen molar-refractivity contribution in [2.75, 3.05) is 0 Å². The molecule has 0 amide bonds. The van der Waals surface area contributed by atoms with Gasteiger partial charge in [-0.2, -0.15) is 0 Å². The highest BCUT2D eigenvalue weighted by Crippen LogP contribution is 2.31. The van der Waals surface area contributed by atoms with Crippen LogP contribution in [-0.4, -0.2) is 24.9 Å². The minimum Gasteiger partial charge on any atom is -0.256 e. The van der Waals surface area contributed by atoms with Crippen LogP contribution in [0.15, 0.2) is 128 Å². The van der Waals surface area contributed by atoms with E-state index in [1.165, 1.54) is 0 Å². The minimum atomic E-state index is 0.670. The largest absolute Gasteiger partial charge is 0.256 e. The Morgan fingerprint density at radius 1 is 0.368 bits per heavy atom. The summed E-state index contributed by atoms with van der Waals surface area (Å²) < 4.78 is 0. The summed E-state index contributed by atoms with van der Waals surface area (Å²) in [4.78, 5) is 23.4. The van der Waals surface area contributed by atoms with Gasteiger partial charge in [0.2, 0.25) is 0 Å². The van der Waals surface area contributed by atoms with Crippen molar-refractivity contribution in [3.63, 3.8) is 0 Å². The standard InChI is InChI=1S/C33H21N5/c1-2-16-34-28(7-1)22-8-10-23(11-9-22)31-21-32(26-12-14-29-24(19-26)5-3-17-35-29)38-33(37-31)27-13-15-30-25(20-27)6-4-18-36-30/h1-21H. The second-order valence-corrected chi connectivity index (χ2v) is 9.08. The van der Waals surface area contributed by atoms with Crippen LogP contribution in [0.1, 0.15) is 0 Å². The lowest BCUT2D eigenvalue weighted by molar-refractivity contribution is 1.18.